The van der Waals surface area contributed by atoms with Gasteiger partial charge < -0.3 is 19.5 Å². The first-order chi connectivity index (χ1) is 15.9. The number of hydrogen-bond donors (Lipinski definition) is 1. The fourth-order valence-electron chi connectivity index (χ4n) is 3.96. The molecule has 4 rings (SSSR count). The minimum Gasteiger partial charge on any atom is -0.434 e. The van der Waals surface area contributed by atoms with Gasteiger partial charge in [0.1, 0.15) is 25.1 Å². The molecule has 2 aromatic rings. The van der Waals surface area contributed by atoms with Crippen LogP contribution >= 0.6 is 7.82 Å². The lowest BCUT2D eigenvalue weighted by molar-refractivity contribution is -0.149. The number of ether oxygens (including phenoxy) is 2. The molecule has 2 aliphatic heterocycles. The standard InChI is InChI=1S/C19H28BN5O7P/c1-4-6-24(7-5-2)17-14-18(22-9-21-17)25(10-23-14)19-15(27)16-13(31-19)8-29-33(20,32-16)30-11-28-12(3)26/h9-10,13,15-16,19,27H,4-8,11H2,1-3H3/q+1/t13-,15?,16+,19-,33?/m1/s1. The first-order valence-electron chi connectivity index (χ1n) is 10.9. The molecule has 2 fully saturated rings. The van der Waals surface area contributed by atoms with E-state index in [0.29, 0.717) is 11.2 Å². The van der Waals surface area contributed by atoms with Crippen LogP contribution in [0.5, 0.6) is 0 Å². The van der Waals surface area contributed by atoms with Crippen molar-refractivity contribution in [3.05, 3.63) is 12.7 Å². The van der Waals surface area contributed by atoms with Crippen LogP contribution in [0.15, 0.2) is 12.7 Å². The summed E-state index contributed by atoms with van der Waals surface area (Å²) in [6.45, 7) is 6.81. The maximum Gasteiger partial charge on any atom is 0.488 e. The predicted molar refractivity (Wildman–Crippen MR) is 119 cm³/mol. The highest BCUT2D eigenvalue weighted by Gasteiger charge is 2.58. The largest absolute Gasteiger partial charge is 0.488 e. The highest BCUT2D eigenvalue weighted by atomic mass is 31.2. The van der Waals surface area contributed by atoms with Crippen LogP contribution in [0, 0.1) is 0 Å². The number of aliphatic hydroxyl groups excluding tert-OH is 1. The topological polar surface area (TPSA) is 130 Å². The van der Waals surface area contributed by atoms with Crippen LogP contribution in [0.1, 0.15) is 39.8 Å². The highest BCUT2D eigenvalue weighted by Crippen LogP contribution is 2.63. The Morgan fingerprint density at radius 2 is 2.09 bits per heavy atom. The van der Waals surface area contributed by atoms with Crippen LogP contribution < -0.4 is 4.90 Å². The lowest BCUT2D eigenvalue weighted by Gasteiger charge is -2.30. The molecule has 14 heteroatoms. The first-order valence-corrected chi connectivity index (χ1v) is 12.5. The summed E-state index contributed by atoms with van der Waals surface area (Å²) < 4.78 is 29.0. The number of hydrogen-bond acceptors (Lipinski definition) is 11. The summed E-state index contributed by atoms with van der Waals surface area (Å²) in [5.74, 6) is 0.225. The van der Waals surface area contributed by atoms with E-state index in [1.54, 1.807) is 10.9 Å². The molecule has 0 bridgehead atoms. The molecule has 0 spiro atoms. The molecule has 178 valence electrons. The van der Waals surface area contributed by atoms with Gasteiger partial charge in [0.05, 0.1) is 6.33 Å². The quantitative estimate of drug-likeness (QED) is 0.243. The van der Waals surface area contributed by atoms with Gasteiger partial charge in [-0.2, -0.15) is 13.6 Å². The predicted octanol–water partition coefficient (Wildman–Crippen LogP) is 1.51. The minimum atomic E-state index is -3.29. The number of esters is 1. The normalized spacial score (nSPS) is 29.2. The Bertz CT molecular complexity index is 977. The first kappa shape index (κ1) is 24.2. The monoisotopic (exact) mass is 480 g/mol. The number of fused-ring (bicyclic) bond motifs is 2. The fourth-order valence-corrected chi connectivity index (χ4v) is 5.31. The number of carbonyl (C=O) groups is 1. The summed E-state index contributed by atoms with van der Waals surface area (Å²) in [5.41, 5.74) is 1.17. The zero-order valence-corrected chi connectivity index (χ0v) is 19.8. The van der Waals surface area contributed by atoms with Crippen molar-refractivity contribution in [3.8, 4) is 0 Å². The molecule has 4 heterocycles. The van der Waals surface area contributed by atoms with Gasteiger partial charge in [0.15, 0.2) is 29.3 Å². The molecule has 0 aliphatic carbocycles. The molecule has 0 saturated carbocycles. The van der Waals surface area contributed by atoms with Gasteiger partial charge in [-0.3, -0.25) is 9.36 Å². The number of aromatic nitrogens is 4. The van der Waals surface area contributed by atoms with Gasteiger partial charge in [-0.05, 0) is 12.8 Å². The Balaban J connectivity index is 1.54. The molecule has 2 aromatic heterocycles. The third-order valence-corrected chi connectivity index (χ3v) is 6.90. The zero-order valence-electron chi connectivity index (χ0n) is 18.9. The van der Waals surface area contributed by atoms with E-state index < -0.39 is 45.1 Å². The van der Waals surface area contributed by atoms with Crippen LogP contribution in [0.2, 0.25) is 0 Å². The van der Waals surface area contributed by atoms with Crippen LogP contribution in [0.3, 0.4) is 0 Å². The van der Waals surface area contributed by atoms with E-state index >= 15 is 0 Å². The van der Waals surface area contributed by atoms with Crippen molar-refractivity contribution in [2.24, 2.45) is 0 Å². The van der Waals surface area contributed by atoms with Gasteiger partial charge >= 0.3 is 21.4 Å². The second-order valence-corrected chi connectivity index (χ2v) is 9.66. The van der Waals surface area contributed by atoms with E-state index in [-0.39, 0.29) is 6.61 Å². The summed E-state index contributed by atoms with van der Waals surface area (Å²) in [6.07, 6.45) is 1.74. The molecule has 2 radical (unpaired) electrons. The second kappa shape index (κ2) is 10.2. The third-order valence-electron chi connectivity index (χ3n) is 5.39. The van der Waals surface area contributed by atoms with Crippen LogP contribution in [-0.2, 0) is 27.8 Å². The zero-order chi connectivity index (χ0) is 23.6. The Kier molecular flexibility index (Phi) is 7.47. The number of nitrogens with zero attached hydrogens (tertiary/aromatic N) is 5. The highest BCUT2D eigenvalue weighted by molar-refractivity contribution is 7.85. The fraction of sp³-hybridized carbons (Fsp3) is 0.684. The number of carbonyl (C=O) groups excluding carboxylic acids is 1. The third kappa shape index (κ3) is 4.98. The van der Waals surface area contributed by atoms with Crippen molar-refractivity contribution in [3.63, 3.8) is 0 Å². The molecule has 2 saturated heterocycles. The molecular formula is C19H28BN5O7P+. The van der Waals surface area contributed by atoms with Gasteiger partial charge in [0.2, 0.25) is 6.79 Å². The van der Waals surface area contributed by atoms with E-state index in [2.05, 4.69) is 33.7 Å². The van der Waals surface area contributed by atoms with E-state index in [1.807, 2.05) is 0 Å². The number of anilines is 1. The lowest BCUT2D eigenvalue weighted by Crippen LogP contribution is -2.41. The molecule has 12 nitrogen and oxygen atoms in total. The van der Waals surface area contributed by atoms with Crippen molar-refractivity contribution < 1.29 is 32.9 Å². The Hall–Kier alpha value is -1.89. The molecule has 0 amide bonds. The Labute approximate surface area is 193 Å². The van der Waals surface area contributed by atoms with E-state index in [4.69, 9.17) is 30.6 Å². The van der Waals surface area contributed by atoms with Gasteiger partial charge in [-0.15, -0.1) is 0 Å². The maximum atomic E-state index is 11.0. The van der Waals surface area contributed by atoms with Crippen molar-refractivity contribution in [2.45, 2.75) is 58.2 Å². The van der Waals surface area contributed by atoms with E-state index in [0.717, 1.165) is 31.7 Å². The van der Waals surface area contributed by atoms with Gasteiger partial charge in [-0.25, -0.2) is 15.0 Å². The average molecular weight is 480 g/mol. The number of rotatable bonds is 9. The molecule has 5 atom stereocenters. The van der Waals surface area contributed by atoms with Crippen molar-refractivity contribution in [2.75, 3.05) is 31.4 Å². The van der Waals surface area contributed by atoms with Gasteiger partial charge in [0, 0.05) is 20.0 Å². The summed E-state index contributed by atoms with van der Waals surface area (Å²) in [6, 6.07) is 0. The van der Waals surface area contributed by atoms with Crippen LogP contribution in [0.25, 0.3) is 11.2 Å². The summed E-state index contributed by atoms with van der Waals surface area (Å²) >= 11 is 0. The number of aliphatic hydroxyl groups is 1. The Morgan fingerprint density at radius 3 is 2.79 bits per heavy atom. The second-order valence-electron chi connectivity index (χ2n) is 7.85. The number of imidazole rings is 1. The molecule has 2 aliphatic rings. The van der Waals surface area contributed by atoms with Crippen molar-refractivity contribution >= 4 is 38.3 Å². The molecule has 0 aromatic carbocycles. The summed E-state index contributed by atoms with van der Waals surface area (Å²) in [5, 5.41) is 11.0. The molecule has 1 N–H and O–H groups in total. The van der Waals surface area contributed by atoms with Crippen LogP contribution in [0.4, 0.5) is 5.82 Å². The smallest absolute Gasteiger partial charge is 0.434 e. The molecular weight excluding hydrogens is 452 g/mol. The van der Waals surface area contributed by atoms with Crippen molar-refractivity contribution in [1.29, 1.82) is 0 Å². The van der Waals surface area contributed by atoms with Crippen molar-refractivity contribution in [1.82, 2.24) is 19.5 Å². The maximum absolute atomic E-state index is 11.0. The van der Waals surface area contributed by atoms with Crippen LogP contribution in [-0.4, -0.2) is 83.0 Å². The lowest BCUT2D eigenvalue weighted by atomic mass is 10.1. The summed E-state index contributed by atoms with van der Waals surface area (Å²) in [7, 11) is 2.78. The van der Waals surface area contributed by atoms with E-state index in [1.165, 1.54) is 13.3 Å². The van der Waals surface area contributed by atoms with E-state index in [9.17, 15) is 9.90 Å². The SMILES string of the molecule is [B][P+]1(OCOC(C)=O)OC[C@H]2O[C@@H](n3cnc4c(N(CCC)CCC)ncnc43)C(O)[C@H]2O1. The van der Waals surface area contributed by atoms with Gasteiger partial charge in [0.25, 0.3) is 0 Å². The minimum absolute atomic E-state index is 0.0518. The summed E-state index contributed by atoms with van der Waals surface area (Å²) in [4.78, 5) is 26.5. The molecule has 33 heavy (non-hydrogen) atoms. The molecule has 2 unspecified atom stereocenters. The average Bonchev–Trinajstić information content (AvgIpc) is 3.34. The Morgan fingerprint density at radius 1 is 1.33 bits per heavy atom. The van der Waals surface area contributed by atoms with Gasteiger partial charge in [-0.1, -0.05) is 13.8 Å².